The maximum absolute atomic E-state index is 12.3. The lowest BCUT2D eigenvalue weighted by molar-refractivity contribution is 0.0951. The van der Waals surface area contributed by atoms with Crippen molar-refractivity contribution in [2.45, 2.75) is 19.5 Å². The van der Waals surface area contributed by atoms with E-state index in [1.54, 1.807) is 12.1 Å². The van der Waals surface area contributed by atoms with Crippen molar-refractivity contribution in [1.29, 1.82) is 0 Å². The zero-order chi connectivity index (χ0) is 19.7. The molecule has 1 aliphatic rings. The minimum atomic E-state index is -0.533. The van der Waals surface area contributed by atoms with E-state index in [1.807, 2.05) is 7.05 Å². The van der Waals surface area contributed by atoms with Crippen LogP contribution < -0.4 is 10.6 Å². The molecule has 9 nitrogen and oxygen atoms in total. The van der Waals surface area contributed by atoms with E-state index in [2.05, 4.69) is 30.7 Å². The van der Waals surface area contributed by atoms with Crippen LogP contribution in [0.25, 0.3) is 0 Å². The molecule has 12 heteroatoms. The van der Waals surface area contributed by atoms with Gasteiger partial charge in [-0.3, -0.25) is 14.9 Å². The van der Waals surface area contributed by atoms with E-state index in [-0.39, 0.29) is 24.2 Å². The molecular formula is C16H15ClN6O3S2. The fraction of sp³-hybridized carbons (Fsp3) is 0.312. The van der Waals surface area contributed by atoms with Gasteiger partial charge in [-0.2, -0.15) is 4.98 Å². The molecule has 0 radical (unpaired) electrons. The van der Waals surface area contributed by atoms with Crippen molar-refractivity contribution in [1.82, 2.24) is 25.3 Å². The monoisotopic (exact) mass is 438 g/mol. The van der Waals surface area contributed by atoms with Crippen molar-refractivity contribution in [2.75, 3.05) is 18.9 Å². The highest BCUT2D eigenvalue weighted by Gasteiger charge is 2.21. The Morgan fingerprint density at radius 1 is 1.29 bits per heavy atom. The summed E-state index contributed by atoms with van der Waals surface area (Å²) in [6.45, 7) is 1.80. The quantitative estimate of drug-likeness (QED) is 0.628. The number of thiophene rings is 1. The van der Waals surface area contributed by atoms with Crippen molar-refractivity contribution < 1.29 is 14.1 Å². The minimum Gasteiger partial charge on any atom is -0.344 e. The first-order valence-corrected chi connectivity index (χ1v) is 10.3. The summed E-state index contributed by atoms with van der Waals surface area (Å²) in [6, 6.07) is 3.27. The number of rotatable bonds is 5. The number of aromatic nitrogens is 3. The largest absolute Gasteiger partial charge is 0.344 e. The summed E-state index contributed by atoms with van der Waals surface area (Å²) >= 11 is 8.43. The second-order valence-electron chi connectivity index (χ2n) is 6.13. The molecule has 0 fully saturated rings. The van der Waals surface area contributed by atoms with E-state index in [1.165, 1.54) is 22.7 Å². The van der Waals surface area contributed by atoms with E-state index >= 15 is 0 Å². The van der Waals surface area contributed by atoms with Crippen LogP contribution in [0.3, 0.4) is 0 Å². The van der Waals surface area contributed by atoms with Crippen molar-refractivity contribution in [3.63, 3.8) is 0 Å². The Labute approximate surface area is 172 Å². The lowest BCUT2D eigenvalue weighted by Crippen LogP contribution is -2.25. The van der Waals surface area contributed by atoms with Crippen LogP contribution in [0.4, 0.5) is 5.13 Å². The van der Waals surface area contributed by atoms with E-state index in [4.69, 9.17) is 16.1 Å². The molecule has 146 valence electrons. The maximum Gasteiger partial charge on any atom is 0.316 e. The van der Waals surface area contributed by atoms with Crippen molar-refractivity contribution in [2.24, 2.45) is 0 Å². The molecule has 3 aromatic heterocycles. The first-order chi connectivity index (χ1) is 13.5. The second kappa shape index (κ2) is 7.95. The number of likely N-dealkylation sites (N-methyl/N-ethyl adjacent to an activating group) is 1. The zero-order valence-electron chi connectivity index (χ0n) is 14.7. The number of carbonyl (C=O) groups excluding carboxylic acids is 2. The van der Waals surface area contributed by atoms with Gasteiger partial charge in [-0.1, -0.05) is 16.8 Å². The Balaban J connectivity index is 1.35. The number of hydrogen-bond acceptors (Lipinski definition) is 9. The second-order valence-corrected chi connectivity index (χ2v) is 8.93. The lowest BCUT2D eigenvalue weighted by atomic mass is 10.2. The third kappa shape index (κ3) is 4.22. The van der Waals surface area contributed by atoms with Gasteiger partial charge in [-0.05, 0) is 19.2 Å². The highest BCUT2D eigenvalue weighted by molar-refractivity contribution is 7.18. The summed E-state index contributed by atoms with van der Waals surface area (Å²) in [5, 5.41) is 9.56. The summed E-state index contributed by atoms with van der Waals surface area (Å²) in [5.41, 5.74) is 1.01. The summed E-state index contributed by atoms with van der Waals surface area (Å²) in [7, 11) is 2.05. The Hall–Kier alpha value is -2.34. The van der Waals surface area contributed by atoms with E-state index in [0.29, 0.717) is 14.3 Å². The highest BCUT2D eigenvalue weighted by Crippen LogP contribution is 2.28. The van der Waals surface area contributed by atoms with Gasteiger partial charge in [-0.15, -0.1) is 22.7 Å². The average molecular weight is 439 g/mol. The minimum absolute atomic E-state index is 0.0308. The first kappa shape index (κ1) is 19.0. The van der Waals surface area contributed by atoms with Gasteiger partial charge in [0.15, 0.2) is 11.0 Å². The summed E-state index contributed by atoms with van der Waals surface area (Å²) in [6.07, 6.45) is 0.859. The van der Waals surface area contributed by atoms with Crippen LogP contribution in [-0.2, 0) is 19.5 Å². The van der Waals surface area contributed by atoms with Crippen LogP contribution >= 0.6 is 34.3 Å². The molecule has 0 aromatic carbocycles. The molecule has 0 saturated heterocycles. The van der Waals surface area contributed by atoms with E-state index in [9.17, 15) is 9.59 Å². The van der Waals surface area contributed by atoms with Gasteiger partial charge >= 0.3 is 11.8 Å². The normalized spacial score (nSPS) is 13.9. The molecule has 0 saturated carbocycles. The average Bonchev–Trinajstić information content (AvgIpc) is 3.38. The molecule has 0 spiro atoms. The number of amides is 2. The fourth-order valence-electron chi connectivity index (χ4n) is 2.63. The fourth-order valence-corrected chi connectivity index (χ4v) is 4.67. The van der Waals surface area contributed by atoms with Gasteiger partial charge in [-0.25, -0.2) is 4.98 Å². The van der Waals surface area contributed by atoms with Gasteiger partial charge in [0.05, 0.1) is 21.5 Å². The van der Waals surface area contributed by atoms with Crippen molar-refractivity contribution in [3.05, 3.63) is 43.6 Å². The third-order valence-electron chi connectivity index (χ3n) is 4.01. The molecular weight excluding hydrogens is 424 g/mol. The number of carbonyl (C=O) groups is 2. The van der Waals surface area contributed by atoms with E-state index < -0.39 is 5.91 Å². The molecule has 0 atom stereocenters. The highest BCUT2D eigenvalue weighted by atomic mass is 35.5. The number of nitrogens with one attached hydrogen (secondary N) is 2. The predicted octanol–water partition coefficient (Wildman–Crippen LogP) is 2.41. The topological polar surface area (TPSA) is 113 Å². The van der Waals surface area contributed by atoms with Crippen molar-refractivity contribution in [3.8, 4) is 0 Å². The molecule has 28 heavy (non-hydrogen) atoms. The van der Waals surface area contributed by atoms with Gasteiger partial charge in [0, 0.05) is 24.4 Å². The third-order valence-corrected chi connectivity index (χ3v) is 6.24. The zero-order valence-corrected chi connectivity index (χ0v) is 17.1. The molecule has 4 rings (SSSR count). The number of nitrogens with zero attached hydrogens (tertiary/aromatic N) is 4. The van der Waals surface area contributed by atoms with Gasteiger partial charge in [0.2, 0.25) is 0 Å². The first-order valence-electron chi connectivity index (χ1n) is 8.32. The predicted molar refractivity (Wildman–Crippen MR) is 105 cm³/mol. The van der Waals surface area contributed by atoms with E-state index in [0.717, 1.165) is 30.1 Å². The van der Waals surface area contributed by atoms with Crippen LogP contribution in [0.2, 0.25) is 4.34 Å². The van der Waals surface area contributed by atoms with Crippen molar-refractivity contribution >= 4 is 51.2 Å². The van der Waals surface area contributed by atoms with Crippen LogP contribution in [0, 0.1) is 0 Å². The van der Waals surface area contributed by atoms with Crippen LogP contribution in [-0.4, -0.2) is 45.4 Å². The van der Waals surface area contributed by atoms with Gasteiger partial charge in [0.25, 0.3) is 5.91 Å². The molecule has 0 aliphatic carbocycles. The van der Waals surface area contributed by atoms with Crippen LogP contribution in [0.5, 0.6) is 0 Å². The molecule has 2 N–H and O–H groups in total. The number of fused-ring (bicyclic) bond motifs is 1. The number of anilines is 1. The molecule has 1 aliphatic heterocycles. The Morgan fingerprint density at radius 2 is 2.14 bits per heavy atom. The SMILES string of the molecule is CN1CCc2nc(NC(=O)c3nc(CNC(=O)c4ccc(Cl)s4)no3)sc2C1. The summed E-state index contributed by atoms with van der Waals surface area (Å²) in [5.74, 6) is -0.824. The molecule has 3 aromatic rings. The number of thiazole rings is 1. The Kier molecular flexibility index (Phi) is 5.40. The molecule has 2 amide bonds. The standard InChI is InChI=1S/C16H15ClN6O3S2/c1-23-5-4-8-10(7-23)28-16(19-8)21-14(25)15-20-12(22-26-15)6-18-13(24)9-2-3-11(17)27-9/h2-3H,4-7H2,1H3,(H,18,24)(H,19,21,25). The molecule has 4 heterocycles. The maximum atomic E-state index is 12.3. The molecule has 0 unspecified atom stereocenters. The summed E-state index contributed by atoms with van der Waals surface area (Å²) in [4.78, 5) is 36.6. The number of hydrogen-bond donors (Lipinski definition) is 2. The smallest absolute Gasteiger partial charge is 0.316 e. The summed E-state index contributed by atoms with van der Waals surface area (Å²) < 4.78 is 5.51. The Morgan fingerprint density at radius 3 is 2.93 bits per heavy atom. The van der Waals surface area contributed by atoms with Crippen LogP contribution in [0.1, 0.15) is 36.8 Å². The number of halogens is 1. The van der Waals surface area contributed by atoms with Gasteiger partial charge in [0.1, 0.15) is 0 Å². The van der Waals surface area contributed by atoms with Crippen LogP contribution in [0.15, 0.2) is 16.7 Å². The van der Waals surface area contributed by atoms with Gasteiger partial charge < -0.3 is 14.7 Å². The lowest BCUT2D eigenvalue weighted by Gasteiger charge is -2.20. The molecule has 0 bridgehead atoms. The Bertz CT molecular complexity index is 1030.